The van der Waals surface area contributed by atoms with Crippen LogP contribution in [0.5, 0.6) is 0 Å². The Balaban J connectivity index is 2.65. The molecule has 0 radical (unpaired) electrons. The molecule has 0 saturated carbocycles. The van der Waals surface area contributed by atoms with Gasteiger partial charge in [0, 0.05) is 11.1 Å². The third kappa shape index (κ3) is 2.24. The standard InChI is InChI=1S/C12H10F2N2OS/c1-6-16-9(11(13)14)10(18-6)7-4-2-3-5-8(7)12(15)17/h2-5,11H,1H3,(H2,15,17). The van der Waals surface area contributed by atoms with Crippen LogP contribution in [0.3, 0.4) is 0 Å². The van der Waals surface area contributed by atoms with Crippen LogP contribution in [0.4, 0.5) is 8.78 Å². The lowest BCUT2D eigenvalue weighted by molar-refractivity contribution is 0.100. The van der Waals surface area contributed by atoms with Crippen molar-refractivity contribution in [2.75, 3.05) is 0 Å². The van der Waals surface area contributed by atoms with Gasteiger partial charge in [-0.3, -0.25) is 4.79 Å². The topological polar surface area (TPSA) is 56.0 Å². The van der Waals surface area contributed by atoms with Crippen LogP contribution in [0.25, 0.3) is 10.4 Å². The maximum Gasteiger partial charge on any atom is 0.281 e. The van der Waals surface area contributed by atoms with Gasteiger partial charge in [-0.15, -0.1) is 11.3 Å². The number of nitrogens with zero attached hydrogens (tertiary/aromatic N) is 1. The summed E-state index contributed by atoms with van der Waals surface area (Å²) < 4.78 is 25.8. The van der Waals surface area contributed by atoms with E-state index in [1.54, 1.807) is 25.1 Å². The second-order valence-corrected chi connectivity index (χ2v) is 4.86. The quantitative estimate of drug-likeness (QED) is 0.929. The predicted molar refractivity (Wildman–Crippen MR) is 65.8 cm³/mol. The van der Waals surface area contributed by atoms with Crippen molar-refractivity contribution >= 4 is 17.2 Å². The van der Waals surface area contributed by atoms with Gasteiger partial charge in [0.15, 0.2) is 0 Å². The van der Waals surface area contributed by atoms with E-state index in [4.69, 9.17) is 5.73 Å². The third-order valence-corrected chi connectivity index (χ3v) is 3.42. The summed E-state index contributed by atoms with van der Waals surface area (Å²) in [6, 6.07) is 6.42. The van der Waals surface area contributed by atoms with E-state index in [9.17, 15) is 13.6 Å². The average molecular weight is 268 g/mol. The van der Waals surface area contributed by atoms with Crippen LogP contribution in [0.15, 0.2) is 24.3 Å². The first-order valence-electron chi connectivity index (χ1n) is 5.15. The minimum Gasteiger partial charge on any atom is -0.366 e. The van der Waals surface area contributed by atoms with E-state index in [1.807, 2.05) is 0 Å². The molecule has 0 aliphatic heterocycles. The maximum absolute atomic E-state index is 12.9. The Labute approximate surface area is 106 Å². The van der Waals surface area contributed by atoms with Crippen LogP contribution in [0.2, 0.25) is 0 Å². The van der Waals surface area contributed by atoms with Crippen molar-refractivity contribution in [3.8, 4) is 10.4 Å². The molecule has 2 rings (SSSR count). The lowest BCUT2D eigenvalue weighted by Gasteiger charge is -2.05. The zero-order chi connectivity index (χ0) is 13.3. The molecule has 0 aliphatic carbocycles. The lowest BCUT2D eigenvalue weighted by Crippen LogP contribution is -2.12. The zero-order valence-corrected chi connectivity index (χ0v) is 10.3. The molecule has 0 bridgehead atoms. The number of alkyl halides is 2. The Morgan fingerprint density at radius 2 is 2.06 bits per heavy atom. The van der Waals surface area contributed by atoms with Crippen LogP contribution < -0.4 is 5.73 Å². The van der Waals surface area contributed by atoms with Gasteiger partial charge in [-0.2, -0.15) is 0 Å². The fourth-order valence-electron chi connectivity index (χ4n) is 1.68. The van der Waals surface area contributed by atoms with Crippen LogP contribution in [-0.4, -0.2) is 10.9 Å². The largest absolute Gasteiger partial charge is 0.366 e. The molecule has 6 heteroatoms. The number of hydrogen-bond acceptors (Lipinski definition) is 3. The summed E-state index contributed by atoms with van der Waals surface area (Å²) in [5, 5.41) is 0.527. The number of carbonyl (C=O) groups is 1. The summed E-state index contributed by atoms with van der Waals surface area (Å²) in [5.41, 5.74) is 5.58. The van der Waals surface area contributed by atoms with Crippen LogP contribution >= 0.6 is 11.3 Å². The van der Waals surface area contributed by atoms with Crippen molar-refractivity contribution < 1.29 is 13.6 Å². The van der Waals surface area contributed by atoms with Crippen molar-refractivity contribution in [3.05, 3.63) is 40.5 Å². The van der Waals surface area contributed by atoms with Gasteiger partial charge in [-0.1, -0.05) is 18.2 Å². The highest BCUT2D eigenvalue weighted by Crippen LogP contribution is 2.37. The van der Waals surface area contributed by atoms with E-state index in [-0.39, 0.29) is 11.3 Å². The van der Waals surface area contributed by atoms with Gasteiger partial charge in [0.05, 0.1) is 9.88 Å². The Morgan fingerprint density at radius 1 is 1.39 bits per heavy atom. The summed E-state index contributed by atoms with van der Waals surface area (Å²) >= 11 is 1.13. The van der Waals surface area contributed by atoms with Crippen molar-refractivity contribution in [1.82, 2.24) is 4.98 Å². The number of rotatable bonds is 3. The molecule has 94 valence electrons. The molecule has 3 nitrogen and oxygen atoms in total. The summed E-state index contributed by atoms with van der Waals surface area (Å²) in [6.45, 7) is 1.65. The van der Waals surface area contributed by atoms with Gasteiger partial charge in [-0.25, -0.2) is 13.8 Å². The molecule has 1 aromatic carbocycles. The van der Waals surface area contributed by atoms with E-state index in [0.717, 1.165) is 11.3 Å². The number of primary amides is 1. The minimum atomic E-state index is -2.68. The van der Waals surface area contributed by atoms with E-state index < -0.39 is 12.3 Å². The molecule has 1 aromatic heterocycles. The molecule has 0 spiro atoms. The van der Waals surface area contributed by atoms with Gasteiger partial charge in [-0.05, 0) is 13.0 Å². The normalized spacial score (nSPS) is 10.9. The van der Waals surface area contributed by atoms with Gasteiger partial charge in [0.1, 0.15) is 5.69 Å². The second-order valence-electron chi connectivity index (χ2n) is 3.66. The molecule has 0 atom stereocenters. The van der Waals surface area contributed by atoms with Crippen molar-refractivity contribution in [2.45, 2.75) is 13.3 Å². The second kappa shape index (κ2) is 4.81. The van der Waals surface area contributed by atoms with Gasteiger partial charge in [0.25, 0.3) is 6.43 Å². The summed E-state index contributed by atoms with van der Waals surface area (Å²) in [6.07, 6.45) is -2.68. The van der Waals surface area contributed by atoms with Crippen LogP contribution in [0.1, 0.15) is 27.5 Å². The highest BCUT2D eigenvalue weighted by Gasteiger charge is 2.22. The third-order valence-electron chi connectivity index (χ3n) is 2.40. The lowest BCUT2D eigenvalue weighted by atomic mass is 10.0. The van der Waals surface area contributed by atoms with Crippen molar-refractivity contribution in [3.63, 3.8) is 0 Å². The number of benzene rings is 1. The molecule has 2 N–H and O–H groups in total. The monoisotopic (exact) mass is 268 g/mol. The Hall–Kier alpha value is -1.82. The molecular weight excluding hydrogens is 258 g/mol. The number of carbonyl (C=O) groups excluding carboxylic acids is 1. The summed E-state index contributed by atoms with van der Waals surface area (Å²) in [7, 11) is 0. The van der Waals surface area contributed by atoms with Crippen LogP contribution in [0, 0.1) is 6.92 Å². The number of aryl methyl sites for hydroxylation is 1. The molecule has 0 saturated heterocycles. The molecule has 1 amide bonds. The van der Waals surface area contributed by atoms with E-state index >= 15 is 0 Å². The Kier molecular flexibility index (Phi) is 3.38. The van der Waals surface area contributed by atoms with E-state index in [0.29, 0.717) is 15.4 Å². The summed E-state index contributed by atoms with van der Waals surface area (Å²) in [5.74, 6) is -0.642. The highest BCUT2D eigenvalue weighted by atomic mass is 32.1. The SMILES string of the molecule is Cc1nc(C(F)F)c(-c2ccccc2C(N)=O)s1. The first-order chi connectivity index (χ1) is 8.50. The average Bonchev–Trinajstić information content (AvgIpc) is 2.71. The number of halogens is 2. The van der Waals surface area contributed by atoms with E-state index in [1.165, 1.54) is 6.07 Å². The van der Waals surface area contributed by atoms with Gasteiger partial charge >= 0.3 is 0 Å². The highest BCUT2D eigenvalue weighted by molar-refractivity contribution is 7.15. The smallest absolute Gasteiger partial charge is 0.281 e. The molecule has 18 heavy (non-hydrogen) atoms. The zero-order valence-electron chi connectivity index (χ0n) is 9.48. The predicted octanol–water partition coefficient (Wildman–Crippen LogP) is 3.16. The molecule has 0 fully saturated rings. The first-order valence-corrected chi connectivity index (χ1v) is 5.97. The molecule has 0 unspecified atom stereocenters. The van der Waals surface area contributed by atoms with Gasteiger partial charge in [0.2, 0.25) is 5.91 Å². The minimum absolute atomic E-state index is 0.225. The van der Waals surface area contributed by atoms with E-state index in [2.05, 4.69) is 4.98 Å². The fraction of sp³-hybridized carbons (Fsp3) is 0.167. The number of amides is 1. The molecular formula is C12H10F2N2OS. The number of thiazole rings is 1. The number of nitrogens with two attached hydrogens (primary N) is 1. The maximum atomic E-state index is 12.9. The number of hydrogen-bond donors (Lipinski definition) is 1. The van der Waals surface area contributed by atoms with Gasteiger partial charge < -0.3 is 5.73 Å². The summed E-state index contributed by atoms with van der Waals surface area (Å²) in [4.78, 5) is 15.4. The van der Waals surface area contributed by atoms with Crippen molar-refractivity contribution in [1.29, 1.82) is 0 Å². The Bertz CT molecular complexity index is 596. The first kappa shape index (κ1) is 12.6. The molecule has 2 aromatic rings. The Morgan fingerprint density at radius 3 is 2.67 bits per heavy atom. The fourth-order valence-corrected chi connectivity index (χ4v) is 2.65. The van der Waals surface area contributed by atoms with Crippen molar-refractivity contribution in [2.24, 2.45) is 5.73 Å². The number of aromatic nitrogens is 1. The molecule has 0 aliphatic rings. The molecule has 1 heterocycles. The van der Waals surface area contributed by atoms with Crippen LogP contribution in [-0.2, 0) is 0 Å².